The van der Waals surface area contributed by atoms with Gasteiger partial charge in [-0.1, -0.05) is 102 Å². The Morgan fingerprint density at radius 2 is 1.42 bits per heavy atom. The summed E-state index contributed by atoms with van der Waals surface area (Å²) in [7, 11) is 2.57. The van der Waals surface area contributed by atoms with Crippen LogP contribution in [-0.4, -0.2) is 88.5 Å². The number of carboxylic acid groups (broad SMARTS) is 1. The number of nitrogens with zero attached hydrogens (tertiary/aromatic N) is 2. The second kappa shape index (κ2) is 18.0. The number of amides is 4. The number of hydrogen-bond acceptors (Lipinski definition) is 7. The predicted molar refractivity (Wildman–Crippen MR) is 201 cm³/mol. The number of carbonyl (C=O) groups is 4. The molecule has 12 nitrogen and oxygen atoms in total. The van der Waals surface area contributed by atoms with Crippen LogP contribution in [0.1, 0.15) is 64.7 Å². The van der Waals surface area contributed by atoms with E-state index >= 15 is 0 Å². The van der Waals surface area contributed by atoms with Crippen LogP contribution in [0.3, 0.4) is 0 Å². The SMILES string of the molecule is COC(=O)N[C@H](C(=O)N[C@@H](Cc1ccc(-c2ccc(C)cn2)cc1)C[C@H](O)[C@H](Cc1ccccc1)NC(=O)[C@@H](N(C)C(=O)O)C(C)(C)C)C(C)(C)C. The number of aliphatic hydroxyl groups is 1. The van der Waals surface area contributed by atoms with Crippen LogP contribution < -0.4 is 16.0 Å². The van der Waals surface area contributed by atoms with Crippen molar-refractivity contribution in [2.24, 2.45) is 10.8 Å². The Bertz CT molecular complexity index is 1630. The number of aliphatic hydroxyl groups excluding tert-OH is 1. The fourth-order valence-corrected chi connectivity index (χ4v) is 6.19. The van der Waals surface area contributed by atoms with E-state index in [2.05, 4.69) is 20.9 Å². The molecule has 1 aromatic heterocycles. The quantitative estimate of drug-likeness (QED) is 0.149. The molecule has 0 saturated carbocycles. The summed E-state index contributed by atoms with van der Waals surface area (Å²) in [6.45, 7) is 12.8. The highest BCUT2D eigenvalue weighted by molar-refractivity contribution is 5.87. The highest BCUT2D eigenvalue weighted by Crippen LogP contribution is 2.26. The van der Waals surface area contributed by atoms with E-state index in [1.807, 2.05) is 94.4 Å². The molecule has 0 unspecified atom stereocenters. The monoisotopic (exact) mass is 717 g/mol. The van der Waals surface area contributed by atoms with E-state index in [1.165, 1.54) is 14.2 Å². The van der Waals surface area contributed by atoms with Crippen molar-refractivity contribution >= 4 is 24.0 Å². The number of hydrogen-bond donors (Lipinski definition) is 5. The van der Waals surface area contributed by atoms with Crippen molar-refractivity contribution in [1.82, 2.24) is 25.8 Å². The third kappa shape index (κ3) is 12.1. The molecule has 2 aromatic carbocycles. The Hall–Kier alpha value is -4.97. The van der Waals surface area contributed by atoms with Crippen LogP contribution in [-0.2, 0) is 27.2 Å². The van der Waals surface area contributed by atoms with E-state index in [9.17, 15) is 29.4 Å². The first-order valence-corrected chi connectivity index (χ1v) is 17.4. The zero-order valence-electron chi connectivity index (χ0n) is 31.8. The molecule has 5 N–H and O–H groups in total. The van der Waals surface area contributed by atoms with Gasteiger partial charge in [-0.2, -0.15) is 0 Å². The van der Waals surface area contributed by atoms with Gasteiger partial charge >= 0.3 is 12.2 Å². The summed E-state index contributed by atoms with van der Waals surface area (Å²) in [5.74, 6) is -1.01. The molecule has 5 atom stereocenters. The summed E-state index contributed by atoms with van der Waals surface area (Å²) < 4.78 is 4.79. The van der Waals surface area contributed by atoms with Gasteiger partial charge in [-0.15, -0.1) is 0 Å². The Balaban J connectivity index is 1.98. The lowest BCUT2D eigenvalue weighted by molar-refractivity contribution is -0.131. The van der Waals surface area contributed by atoms with E-state index in [0.29, 0.717) is 6.42 Å². The third-order valence-corrected chi connectivity index (χ3v) is 8.94. The van der Waals surface area contributed by atoms with Gasteiger partial charge in [-0.3, -0.25) is 19.5 Å². The van der Waals surface area contributed by atoms with Gasteiger partial charge in [-0.05, 0) is 59.8 Å². The fraction of sp³-hybridized carbons (Fsp3) is 0.475. The summed E-state index contributed by atoms with van der Waals surface area (Å²) >= 11 is 0. The van der Waals surface area contributed by atoms with Gasteiger partial charge < -0.3 is 30.9 Å². The topological polar surface area (TPSA) is 170 Å². The smallest absolute Gasteiger partial charge is 0.407 e. The van der Waals surface area contributed by atoms with Gasteiger partial charge in [0.1, 0.15) is 12.1 Å². The highest BCUT2D eigenvalue weighted by Gasteiger charge is 2.40. The van der Waals surface area contributed by atoms with E-state index in [1.54, 1.807) is 27.0 Å². The van der Waals surface area contributed by atoms with Crippen LogP contribution in [0.15, 0.2) is 72.9 Å². The number of aromatic nitrogens is 1. The average molecular weight is 718 g/mol. The summed E-state index contributed by atoms with van der Waals surface area (Å²) in [6.07, 6.45) is -0.795. The molecule has 0 saturated heterocycles. The Morgan fingerprint density at radius 3 is 1.94 bits per heavy atom. The molecule has 12 heteroatoms. The zero-order valence-corrected chi connectivity index (χ0v) is 31.8. The number of rotatable bonds is 14. The number of ether oxygens (including phenoxy) is 1. The molecule has 4 amide bonds. The van der Waals surface area contributed by atoms with Crippen molar-refractivity contribution in [2.75, 3.05) is 14.2 Å². The number of benzene rings is 2. The van der Waals surface area contributed by atoms with Crippen molar-refractivity contribution in [3.05, 3.63) is 89.6 Å². The number of carbonyl (C=O) groups excluding carboxylic acids is 3. The maximum Gasteiger partial charge on any atom is 0.407 e. The molecular formula is C40H55N5O7. The zero-order chi connectivity index (χ0) is 38.8. The first kappa shape index (κ1) is 41.5. The summed E-state index contributed by atoms with van der Waals surface area (Å²) in [6, 6.07) is 17.6. The number of methoxy groups -OCH3 is 1. The summed E-state index contributed by atoms with van der Waals surface area (Å²) in [4.78, 5) is 57.4. The maximum atomic E-state index is 13.9. The number of alkyl carbamates (subject to hydrolysis) is 1. The number of likely N-dealkylation sites (N-methyl/N-ethyl adjacent to an activating group) is 1. The lowest BCUT2D eigenvalue weighted by atomic mass is 9.84. The van der Waals surface area contributed by atoms with Gasteiger partial charge in [0.2, 0.25) is 11.8 Å². The Morgan fingerprint density at radius 1 is 0.808 bits per heavy atom. The van der Waals surface area contributed by atoms with Crippen LogP contribution in [0.5, 0.6) is 0 Å². The number of pyridine rings is 1. The minimum absolute atomic E-state index is 0.0226. The van der Waals surface area contributed by atoms with Gasteiger partial charge in [0, 0.05) is 24.8 Å². The minimum Gasteiger partial charge on any atom is -0.465 e. The number of nitrogens with one attached hydrogen (secondary N) is 3. The third-order valence-electron chi connectivity index (χ3n) is 8.94. The molecule has 0 radical (unpaired) electrons. The van der Waals surface area contributed by atoms with Crippen molar-refractivity contribution in [3.8, 4) is 11.3 Å². The second-order valence-electron chi connectivity index (χ2n) is 15.5. The molecule has 1 heterocycles. The standard InChI is InChI=1S/C40H55N5O7/c1-25-15-20-30(41-24-25)28-18-16-27(17-19-28)21-29(42-35(47)33(39(2,3)4)44-37(49)52-9)23-32(46)31(22-26-13-11-10-12-14-26)43-36(48)34(40(5,6)7)45(8)38(50)51/h10-20,24,29,31-34,46H,21-23H2,1-9H3,(H,42,47)(H,43,48)(H,44,49)(H,50,51)/t29-,31-,32-,33+,34+/m0/s1. The molecule has 52 heavy (non-hydrogen) atoms. The predicted octanol–water partition coefficient (Wildman–Crippen LogP) is 5.36. The lowest BCUT2D eigenvalue weighted by Gasteiger charge is -2.37. The van der Waals surface area contributed by atoms with Crippen molar-refractivity contribution in [1.29, 1.82) is 0 Å². The van der Waals surface area contributed by atoms with E-state index in [4.69, 9.17) is 4.74 Å². The largest absolute Gasteiger partial charge is 0.465 e. The Labute approximate surface area is 307 Å². The first-order valence-electron chi connectivity index (χ1n) is 17.4. The molecule has 0 bridgehead atoms. The fourth-order valence-electron chi connectivity index (χ4n) is 6.19. The lowest BCUT2D eigenvalue weighted by Crippen LogP contribution is -2.59. The molecule has 3 rings (SSSR count). The molecule has 0 aliphatic carbocycles. The molecule has 0 fully saturated rings. The van der Waals surface area contributed by atoms with Gasteiger partial charge in [0.05, 0.1) is 24.9 Å². The van der Waals surface area contributed by atoms with E-state index < -0.39 is 65.1 Å². The van der Waals surface area contributed by atoms with Crippen molar-refractivity contribution in [3.63, 3.8) is 0 Å². The first-order chi connectivity index (χ1) is 24.3. The average Bonchev–Trinajstić information content (AvgIpc) is 3.06. The summed E-state index contributed by atoms with van der Waals surface area (Å²) in [5.41, 5.74) is 3.07. The normalized spacial score (nSPS) is 14.6. The van der Waals surface area contributed by atoms with Gasteiger partial charge in [0.15, 0.2) is 0 Å². The van der Waals surface area contributed by atoms with Crippen LogP contribution in [0.2, 0.25) is 0 Å². The van der Waals surface area contributed by atoms with Crippen LogP contribution in [0.25, 0.3) is 11.3 Å². The number of aryl methyl sites for hydroxylation is 1. The van der Waals surface area contributed by atoms with Crippen LogP contribution in [0.4, 0.5) is 9.59 Å². The van der Waals surface area contributed by atoms with Gasteiger partial charge in [-0.25, -0.2) is 9.59 Å². The minimum atomic E-state index is -1.25. The molecule has 3 aromatic rings. The van der Waals surface area contributed by atoms with Crippen molar-refractivity contribution in [2.45, 2.75) is 98.0 Å². The molecule has 0 aliphatic rings. The summed E-state index contributed by atoms with van der Waals surface area (Å²) in [5, 5.41) is 30.3. The van der Waals surface area contributed by atoms with Gasteiger partial charge in [0.25, 0.3) is 0 Å². The van der Waals surface area contributed by atoms with Crippen LogP contribution in [0, 0.1) is 17.8 Å². The van der Waals surface area contributed by atoms with Crippen LogP contribution >= 0.6 is 0 Å². The van der Waals surface area contributed by atoms with E-state index in [-0.39, 0.29) is 12.8 Å². The maximum absolute atomic E-state index is 13.9. The van der Waals surface area contributed by atoms with Crippen molar-refractivity contribution < 1.29 is 34.1 Å². The molecular weight excluding hydrogens is 662 g/mol. The Kier molecular flexibility index (Phi) is 14.3. The second-order valence-corrected chi connectivity index (χ2v) is 15.5. The molecule has 282 valence electrons. The molecule has 0 aliphatic heterocycles. The molecule has 0 spiro atoms. The highest BCUT2D eigenvalue weighted by atomic mass is 16.5. The van der Waals surface area contributed by atoms with E-state index in [0.717, 1.165) is 32.8 Å².